The van der Waals surface area contributed by atoms with Gasteiger partial charge in [-0.05, 0) is 18.2 Å². The van der Waals surface area contributed by atoms with Crippen molar-refractivity contribution in [1.29, 1.82) is 5.26 Å². The quantitative estimate of drug-likeness (QED) is 0.655. The van der Waals surface area contributed by atoms with Crippen LogP contribution in [-0.4, -0.2) is 13.0 Å². The third kappa shape index (κ3) is 3.66. The summed E-state index contributed by atoms with van der Waals surface area (Å²) in [4.78, 5) is 11.6. The SMILES string of the molecule is CN/C=C(/C#N)C(=O)Nc1ccc(Cl)c(Cl)c1. The van der Waals surface area contributed by atoms with E-state index in [0.717, 1.165) is 0 Å². The van der Waals surface area contributed by atoms with Crippen LogP contribution >= 0.6 is 23.2 Å². The lowest BCUT2D eigenvalue weighted by molar-refractivity contribution is -0.112. The van der Waals surface area contributed by atoms with Crippen LogP contribution in [0.2, 0.25) is 10.0 Å². The molecule has 0 radical (unpaired) electrons. The molecule has 1 aromatic rings. The van der Waals surface area contributed by atoms with Crippen LogP contribution in [0.1, 0.15) is 0 Å². The average molecular weight is 270 g/mol. The number of nitrogens with zero attached hydrogens (tertiary/aromatic N) is 1. The predicted molar refractivity (Wildman–Crippen MR) is 67.8 cm³/mol. The van der Waals surface area contributed by atoms with E-state index in [-0.39, 0.29) is 5.57 Å². The topological polar surface area (TPSA) is 64.9 Å². The molecule has 0 bridgehead atoms. The molecule has 1 rings (SSSR count). The van der Waals surface area contributed by atoms with Gasteiger partial charge in [0.1, 0.15) is 11.6 Å². The number of amides is 1. The highest BCUT2D eigenvalue weighted by Crippen LogP contribution is 2.25. The van der Waals surface area contributed by atoms with E-state index in [4.69, 9.17) is 28.5 Å². The Balaban J connectivity index is 2.85. The summed E-state index contributed by atoms with van der Waals surface area (Å²) >= 11 is 11.5. The Morgan fingerprint density at radius 2 is 2.12 bits per heavy atom. The van der Waals surface area contributed by atoms with Gasteiger partial charge in [0.2, 0.25) is 0 Å². The second-order valence-electron chi connectivity index (χ2n) is 3.04. The van der Waals surface area contributed by atoms with E-state index in [9.17, 15) is 4.79 Å². The molecule has 1 aromatic carbocycles. The first-order chi connectivity index (χ1) is 8.08. The number of rotatable bonds is 3. The van der Waals surface area contributed by atoms with Crippen LogP contribution in [0.5, 0.6) is 0 Å². The Hall–Kier alpha value is -1.70. The lowest BCUT2D eigenvalue weighted by atomic mass is 10.2. The fraction of sp³-hybridized carbons (Fsp3) is 0.0909. The van der Waals surface area contributed by atoms with Crippen molar-refractivity contribution in [3.8, 4) is 6.07 Å². The number of hydrogen-bond acceptors (Lipinski definition) is 3. The summed E-state index contributed by atoms with van der Waals surface area (Å²) < 4.78 is 0. The zero-order valence-corrected chi connectivity index (χ0v) is 10.4. The molecule has 0 heterocycles. The molecular formula is C11H9Cl2N3O. The lowest BCUT2D eigenvalue weighted by Crippen LogP contribution is -2.15. The zero-order chi connectivity index (χ0) is 12.8. The van der Waals surface area contributed by atoms with Gasteiger partial charge >= 0.3 is 0 Å². The first-order valence-electron chi connectivity index (χ1n) is 4.62. The van der Waals surface area contributed by atoms with Gasteiger partial charge in [-0.15, -0.1) is 0 Å². The molecule has 0 unspecified atom stereocenters. The van der Waals surface area contributed by atoms with Crippen molar-refractivity contribution in [3.05, 3.63) is 40.0 Å². The molecule has 0 saturated heterocycles. The van der Waals surface area contributed by atoms with Gasteiger partial charge in [-0.2, -0.15) is 5.26 Å². The van der Waals surface area contributed by atoms with Gasteiger partial charge in [0.15, 0.2) is 0 Å². The minimum absolute atomic E-state index is 0.0291. The van der Waals surface area contributed by atoms with E-state index < -0.39 is 5.91 Å². The minimum atomic E-state index is -0.514. The first kappa shape index (κ1) is 13.4. The first-order valence-corrected chi connectivity index (χ1v) is 5.38. The van der Waals surface area contributed by atoms with Crippen molar-refractivity contribution in [2.45, 2.75) is 0 Å². The molecule has 4 nitrogen and oxygen atoms in total. The van der Waals surface area contributed by atoms with Gasteiger partial charge in [-0.3, -0.25) is 4.79 Å². The molecular weight excluding hydrogens is 261 g/mol. The van der Waals surface area contributed by atoms with Crippen LogP contribution in [0.15, 0.2) is 30.0 Å². The normalized spacial score (nSPS) is 10.6. The summed E-state index contributed by atoms with van der Waals surface area (Å²) in [5.74, 6) is -0.514. The Morgan fingerprint density at radius 3 is 2.65 bits per heavy atom. The Bertz CT molecular complexity index is 506. The summed E-state index contributed by atoms with van der Waals surface area (Å²) in [7, 11) is 1.60. The molecule has 0 aliphatic heterocycles. The second-order valence-corrected chi connectivity index (χ2v) is 3.86. The van der Waals surface area contributed by atoms with E-state index in [0.29, 0.717) is 15.7 Å². The zero-order valence-electron chi connectivity index (χ0n) is 8.92. The van der Waals surface area contributed by atoms with Crippen LogP contribution in [0.3, 0.4) is 0 Å². The number of anilines is 1. The molecule has 1 amide bonds. The predicted octanol–water partition coefficient (Wildman–Crippen LogP) is 2.56. The molecule has 0 aliphatic carbocycles. The Kier molecular flexibility index (Phi) is 4.83. The summed E-state index contributed by atoms with van der Waals surface area (Å²) in [5, 5.41) is 14.6. The van der Waals surface area contributed by atoms with Crippen LogP contribution in [-0.2, 0) is 4.79 Å². The summed E-state index contributed by atoms with van der Waals surface area (Å²) in [6.07, 6.45) is 1.31. The highest BCUT2D eigenvalue weighted by Gasteiger charge is 2.09. The summed E-state index contributed by atoms with van der Waals surface area (Å²) in [5.41, 5.74) is 0.445. The Labute approximate surface area is 109 Å². The molecule has 88 valence electrons. The molecule has 2 N–H and O–H groups in total. The van der Waals surface area contributed by atoms with Crippen molar-refractivity contribution < 1.29 is 4.79 Å². The van der Waals surface area contributed by atoms with Gasteiger partial charge in [0.05, 0.1) is 10.0 Å². The standard InChI is InChI=1S/C11H9Cl2N3O/c1-15-6-7(5-14)11(17)16-8-2-3-9(12)10(13)4-8/h2-4,6,15H,1H3,(H,16,17)/b7-6-. The van der Waals surface area contributed by atoms with Gasteiger partial charge in [-0.25, -0.2) is 0 Å². The molecule has 6 heteroatoms. The fourth-order valence-electron chi connectivity index (χ4n) is 1.07. The Morgan fingerprint density at radius 1 is 1.41 bits per heavy atom. The number of nitrogens with one attached hydrogen (secondary N) is 2. The molecule has 0 atom stereocenters. The molecule has 0 spiro atoms. The van der Waals surface area contributed by atoms with E-state index >= 15 is 0 Å². The van der Waals surface area contributed by atoms with Crippen molar-refractivity contribution in [2.75, 3.05) is 12.4 Å². The smallest absolute Gasteiger partial charge is 0.267 e. The van der Waals surface area contributed by atoms with Crippen LogP contribution in [0, 0.1) is 11.3 Å². The van der Waals surface area contributed by atoms with E-state index in [1.807, 2.05) is 0 Å². The third-order valence-electron chi connectivity index (χ3n) is 1.83. The highest BCUT2D eigenvalue weighted by molar-refractivity contribution is 6.42. The number of benzene rings is 1. The molecule has 0 fully saturated rings. The van der Waals surface area contributed by atoms with Gasteiger partial charge in [0.25, 0.3) is 5.91 Å². The molecule has 17 heavy (non-hydrogen) atoms. The minimum Gasteiger partial charge on any atom is -0.393 e. The highest BCUT2D eigenvalue weighted by atomic mass is 35.5. The van der Waals surface area contributed by atoms with E-state index in [1.165, 1.54) is 12.3 Å². The third-order valence-corrected chi connectivity index (χ3v) is 2.57. The van der Waals surface area contributed by atoms with Crippen molar-refractivity contribution in [2.24, 2.45) is 0 Å². The van der Waals surface area contributed by atoms with Crippen molar-refractivity contribution in [3.63, 3.8) is 0 Å². The molecule has 0 saturated carbocycles. The number of hydrogen-bond donors (Lipinski definition) is 2. The maximum Gasteiger partial charge on any atom is 0.267 e. The fourth-order valence-corrected chi connectivity index (χ4v) is 1.36. The van der Waals surface area contributed by atoms with Crippen molar-refractivity contribution >= 4 is 34.8 Å². The van der Waals surface area contributed by atoms with Gasteiger partial charge in [0, 0.05) is 18.9 Å². The maximum absolute atomic E-state index is 11.6. The number of halogens is 2. The van der Waals surface area contributed by atoms with Crippen LogP contribution in [0.4, 0.5) is 5.69 Å². The van der Waals surface area contributed by atoms with E-state index in [1.54, 1.807) is 25.2 Å². The van der Waals surface area contributed by atoms with E-state index in [2.05, 4.69) is 10.6 Å². The summed E-state index contributed by atoms with van der Waals surface area (Å²) in [6, 6.07) is 6.45. The number of carbonyl (C=O) groups excluding carboxylic acids is 1. The monoisotopic (exact) mass is 269 g/mol. The number of nitriles is 1. The lowest BCUT2D eigenvalue weighted by Gasteiger charge is -2.05. The van der Waals surface area contributed by atoms with Crippen molar-refractivity contribution in [1.82, 2.24) is 5.32 Å². The second kappa shape index (κ2) is 6.14. The number of carbonyl (C=O) groups is 1. The average Bonchev–Trinajstić information content (AvgIpc) is 2.30. The maximum atomic E-state index is 11.6. The van der Waals surface area contributed by atoms with Gasteiger partial charge in [-0.1, -0.05) is 23.2 Å². The van der Waals surface area contributed by atoms with Crippen LogP contribution in [0.25, 0.3) is 0 Å². The molecule has 0 aromatic heterocycles. The largest absolute Gasteiger partial charge is 0.393 e. The molecule has 0 aliphatic rings. The summed E-state index contributed by atoms with van der Waals surface area (Å²) in [6.45, 7) is 0. The van der Waals surface area contributed by atoms with Gasteiger partial charge < -0.3 is 10.6 Å². The van der Waals surface area contributed by atoms with Crippen LogP contribution < -0.4 is 10.6 Å².